The van der Waals surface area contributed by atoms with E-state index in [1.807, 2.05) is 0 Å². The Hall–Kier alpha value is -2.80. The van der Waals surface area contributed by atoms with Gasteiger partial charge in [0, 0.05) is 11.5 Å². The molecule has 0 saturated carbocycles. The smallest absolute Gasteiger partial charge is 0.198 e. The Balaban J connectivity index is 0.00000218. The molecule has 4 aromatic carbocycles. The van der Waals surface area contributed by atoms with Gasteiger partial charge in [-0.05, 0) is 48.5 Å². The van der Waals surface area contributed by atoms with Crippen molar-refractivity contribution in [1.29, 1.82) is 0 Å². The van der Waals surface area contributed by atoms with Gasteiger partial charge in [-0.1, -0.05) is 72.8 Å². The van der Waals surface area contributed by atoms with Crippen molar-refractivity contribution in [2.24, 2.45) is 0 Å². The molecule has 5 aromatic rings. The van der Waals surface area contributed by atoms with Crippen molar-refractivity contribution in [2.75, 3.05) is 0 Å². The molecule has 0 N–H and O–H groups in total. The van der Waals surface area contributed by atoms with Crippen LogP contribution in [0.5, 0.6) is 0 Å². The van der Waals surface area contributed by atoms with Crippen LogP contribution in [-0.4, -0.2) is 4.98 Å². The predicted octanol–water partition coefficient (Wildman–Crippen LogP) is 1.86. The van der Waals surface area contributed by atoms with E-state index in [1.54, 1.807) is 0 Å². The van der Waals surface area contributed by atoms with E-state index in [2.05, 4.69) is 127 Å². The molecule has 146 valence electrons. The van der Waals surface area contributed by atoms with Crippen molar-refractivity contribution in [3.63, 3.8) is 0 Å². The molecule has 0 amide bonds. The number of fused-ring (bicyclic) bond motifs is 1. The molecule has 0 spiro atoms. The lowest BCUT2D eigenvalue weighted by molar-refractivity contribution is -0.00000554. The zero-order valence-electron chi connectivity index (χ0n) is 16.4. The number of benzene rings is 4. The highest BCUT2D eigenvalue weighted by atomic mass is 79.9. The van der Waals surface area contributed by atoms with Crippen LogP contribution in [0.2, 0.25) is 0 Å². The Bertz CT molecular complexity index is 1140. The second kappa shape index (κ2) is 8.92. The summed E-state index contributed by atoms with van der Waals surface area (Å²) in [6.45, 7) is 0. The number of nitrogens with zero attached hydrogens (tertiary/aromatic N) is 1. The largest absolute Gasteiger partial charge is 1.00 e. The van der Waals surface area contributed by atoms with Gasteiger partial charge in [-0.15, -0.1) is 0 Å². The molecule has 0 aliphatic heterocycles. The van der Waals surface area contributed by atoms with Gasteiger partial charge in [-0.3, -0.25) is 0 Å². The summed E-state index contributed by atoms with van der Waals surface area (Å²) >= 11 is 0. The Labute approximate surface area is 188 Å². The average molecular weight is 470 g/mol. The summed E-state index contributed by atoms with van der Waals surface area (Å²) in [7, 11) is -2.12. The van der Waals surface area contributed by atoms with E-state index < -0.39 is 7.26 Å². The van der Waals surface area contributed by atoms with Gasteiger partial charge < -0.3 is 17.0 Å². The van der Waals surface area contributed by atoms with E-state index in [0.717, 1.165) is 11.0 Å². The number of aromatic nitrogens is 1. The zero-order valence-corrected chi connectivity index (χ0v) is 18.9. The first-order valence-corrected chi connectivity index (χ1v) is 11.6. The van der Waals surface area contributed by atoms with Gasteiger partial charge >= 0.3 is 0 Å². The van der Waals surface area contributed by atoms with Crippen LogP contribution in [0.25, 0.3) is 10.9 Å². The third kappa shape index (κ3) is 3.47. The van der Waals surface area contributed by atoms with Crippen LogP contribution in [0.3, 0.4) is 0 Å². The summed E-state index contributed by atoms with van der Waals surface area (Å²) in [6, 6.07) is 45.4. The third-order valence-corrected chi connectivity index (χ3v) is 9.51. The Kier molecular flexibility index (Phi) is 6.08. The topological polar surface area (TPSA) is 12.9 Å². The number of para-hydroxylation sites is 1. The summed E-state index contributed by atoms with van der Waals surface area (Å²) in [5.41, 5.74) is 2.18. The lowest BCUT2D eigenvalue weighted by Gasteiger charge is -2.26. The van der Waals surface area contributed by atoms with Crippen LogP contribution in [0.15, 0.2) is 127 Å². The summed E-state index contributed by atoms with van der Waals surface area (Å²) in [5.74, 6) is 0. The molecule has 1 nitrogen and oxygen atoms in total. The van der Waals surface area contributed by atoms with Gasteiger partial charge in [0.2, 0.25) is 0 Å². The molecule has 5 rings (SSSR count). The first-order valence-electron chi connectivity index (χ1n) is 9.81. The SMILES string of the molecule is [Br-].c1ccc([P+](c2ccccc2)(c2ccccc2)c2ccc3ccccc3n2)cc1. The monoisotopic (exact) mass is 469 g/mol. The molecule has 0 aliphatic carbocycles. The van der Waals surface area contributed by atoms with Crippen molar-refractivity contribution in [1.82, 2.24) is 4.98 Å². The second-order valence-corrected chi connectivity index (χ2v) is 10.4. The van der Waals surface area contributed by atoms with E-state index in [1.165, 1.54) is 21.3 Å². The normalized spacial score (nSPS) is 11.1. The maximum atomic E-state index is 5.23. The molecule has 1 aromatic heterocycles. The molecule has 30 heavy (non-hydrogen) atoms. The molecule has 3 heteroatoms. The summed E-state index contributed by atoms with van der Waals surface area (Å²) in [5, 5.41) is 5.13. The molecule has 1 heterocycles. The van der Waals surface area contributed by atoms with Crippen molar-refractivity contribution >= 4 is 39.5 Å². The molecule has 0 fully saturated rings. The summed E-state index contributed by atoms with van der Waals surface area (Å²) in [6.07, 6.45) is 0. The molecule has 0 unspecified atom stereocenters. The van der Waals surface area contributed by atoms with Crippen LogP contribution in [0.4, 0.5) is 0 Å². The molecular formula is C27H21BrNP. The van der Waals surface area contributed by atoms with E-state index in [4.69, 9.17) is 4.98 Å². The van der Waals surface area contributed by atoms with E-state index >= 15 is 0 Å². The maximum absolute atomic E-state index is 5.23. The molecule has 0 saturated heterocycles. The lowest BCUT2D eigenvalue weighted by Crippen LogP contribution is -3.00. The van der Waals surface area contributed by atoms with Gasteiger partial charge in [0.25, 0.3) is 0 Å². The Morgan fingerprint density at radius 3 is 1.37 bits per heavy atom. The highest BCUT2D eigenvalue weighted by Gasteiger charge is 2.49. The van der Waals surface area contributed by atoms with Crippen LogP contribution in [-0.2, 0) is 0 Å². The van der Waals surface area contributed by atoms with Crippen LogP contribution < -0.4 is 38.3 Å². The van der Waals surface area contributed by atoms with Crippen LogP contribution >= 0.6 is 7.26 Å². The van der Waals surface area contributed by atoms with Crippen molar-refractivity contribution in [3.05, 3.63) is 127 Å². The maximum Gasteiger partial charge on any atom is 0.198 e. The number of rotatable bonds is 4. The van der Waals surface area contributed by atoms with E-state index in [-0.39, 0.29) is 17.0 Å². The fourth-order valence-corrected chi connectivity index (χ4v) is 8.14. The fraction of sp³-hybridized carbons (Fsp3) is 0. The fourth-order valence-electron chi connectivity index (χ4n) is 4.04. The van der Waals surface area contributed by atoms with Crippen LogP contribution in [0.1, 0.15) is 0 Å². The van der Waals surface area contributed by atoms with Crippen molar-refractivity contribution < 1.29 is 17.0 Å². The van der Waals surface area contributed by atoms with E-state index in [0.29, 0.717) is 0 Å². The quantitative estimate of drug-likeness (QED) is 0.366. The number of pyridine rings is 1. The Morgan fingerprint density at radius 1 is 0.433 bits per heavy atom. The molecule has 0 aliphatic rings. The molecule has 0 radical (unpaired) electrons. The summed E-state index contributed by atoms with van der Waals surface area (Å²) in [4.78, 5) is 5.23. The third-order valence-electron chi connectivity index (χ3n) is 5.36. The number of hydrogen-bond donors (Lipinski definition) is 0. The first-order chi connectivity index (χ1) is 14.4. The molecular weight excluding hydrogens is 449 g/mol. The highest BCUT2D eigenvalue weighted by Crippen LogP contribution is 2.53. The number of halogens is 1. The molecule has 0 bridgehead atoms. The van der Waals surface area contributed by atoms with Crippen LogP contribution in [0, 0.1) is 0 Å². The average Bonchev–Trinajstić information content (AvgIpc) is 2.82. The van der Waals surface area contributed by atoms with Gasteiger partial charge in [0.1, 0.15) is 15.9 Å². The summed E-state index contributed by atoms with van der Waals surface area (Å²) < 4.78 is 0. The van der Waals surface area contributed by atoms with Crippen molar-refractivity contribution in [2.45, 2.75) is 0 Å². The molecule has 0 atom stereocenters. The van der Waals surface area contributed by atoms with Crippen molar-refractivity contribution in [3.8, 4) is 0 Å². The minimum absolute atomic E-state index is 0. The first kappa shape index (κ1) is 20.5. The minimum Gasteiger partial charge on any atom is -1.00 e. The predicted molar refractivity (Wildman–Crippen MR) is 127 cm³/mol. The van der Waals surface area contributed by atoms with Gasteiger partial charge in [-0.25, -0.2) is 4.98 Å². The standard InChI is InChI=1S/C27H21NP.BrH/c1-4-13-23(14-5-1)29(24-15-6-2-7-16-24,25-17-8-3-9-18-25)27-21-20-22-12-10-11-19-26(22)28-27;/h1-21H;1H/q+1;/p-1. The highest BCUT2D eigenvalue weighted by molar-refractivity contribution is 8.01. The van der Waals surface area contributed by atoms with Gasteiger partial charge in [-0.2, -0.15) is 0 Å². The second-order valence-electron chi connectivity index (χ2n) is 7.04. The lowest BCUT2D eigenvalue weighted by atomic mass is 10.2. The number of hydrogen-bond acceptors (Lipinski definition) is 1. The Morgan fingerprint density at radius 2 is 0.867 bits per heavy atom. The zero-order chi connectivity index (χ0) is 19.5. The van der Waals surface area contributed by atoms with E-state index in [9.17, 15) is 0 Å². The minimum atomic E-state index is -2.12. The van der Waals surface area contributed by atoms with Gasteiger partial charge in [0.15, 0.2) is 12.7 Å². The van der Waals surface area contributed by atoms with Gasteiger partial charge in [0.05, 0.1) is 5.52 Å².